The molecule has 1 unspecified atom stereocenters. The first kappa shape index (κ1) is 20.9. The molecule has 2 heterocycles. The van der Waals surface area contributed by atoms with Gasteiger partial charge in [0, 0.05) is 23.7 Å². The zero-order valence-corrected chi connectivity index (χ0v) is 18.1. The van der Waals surface area contributed by atoms with Crippen LogP contribution < -0.4 is 16.0 Å². The van der Waals surface area contributed by atoms with Crippen LogP contribution in [-0.2, 0) is 11.3 Å². The molecule has 0 spiro atoms. The number of nitrogens with one attached hydrogen (secondary N) is 3. The highest BCUT2D eigenvalue weighted by molar-refractivity contribution is 7.99. The molecule has 0 bridgehead atoms. The first-order chi connectivity index (χ1) is 14.9. The van der Waals surface area contributed by atoms with E-state index in [2.05, 4.69) is 25.5 Å². The van der Waals surface area contributed by atoms with Crippen molar-refractivity contribution in [1.82, 2.24) is 25.5 Å². The lowest BCUT2D eigenvalue weighted by Crippen LogP contribution is -2.46. The third-order valence-corrected chi connectivity index (χ3v) is 6.62. The molecule has 0 saturated carbocycles. The van der Waals surface area contributed by atoms with Crippen molar-refractivity contribution >= 4 is 40.6 Å². The number of nitrogens with zero attached hydrogens (tertiary/aromatic N) is 2. The number of carbonyl (C=O) groups excluding carboxylic acids is 3. The van der Waals surface area contributed by atoms with Gasteiger partial charge in [0.1, 0.15) is 11.4 Å². The number of para-hydroxylation sites is 2. The zero-order chi connectivity index (χ0) is 22.0. The molecule has 4 rings (SSSR count). The monoisotopic (exact) mass is 437 g/mol. The molecule has 0 aliphatic carbocycles. The van der Waals surface area contributed by atoms with Crippen molar-refractivity contribution in [3.63, 3.8) is 0 Å². The van der Waals surface area contributed by atoms with Gasteiger partial charge in [-0.3, -0.25) is 14.9 Å². The number of fused-ring (bicyclic) bond motifs is 1. The highest BCUT2D eigenvalue weighted by atomic mass is 32.2. The second-order valence-electron chi connectivity index (χ2n) is 7.58. The number of carbonyl (C=O) groups is 3. The van der Waals surface area contributed by atoms with Crippen molar-refractivity contribution in [3.8, 4) is 0 Å². The molecule has 1 aliphatic rings. The van der Waals surface area contributed by atoms with Crippen molar-refractivity contribution in [2.45, 2.75) is 30.8 Å². The topological polar surface area (TPSA) is 105 Å². The molecule has 8 nitrogen and oxygen atoms in total. The first-order valence-corrected chi connectivity index (χ1v) is 10.9. The van der Waals surface area contributed by atoms with Crippen molar-refractivity contribution < 1.29 is 14.4 Å². The Morgan fingerprint density at radius 2 is 1.90 bits per heavy atom. The van der Waals surface area contributed by atoms with Gasteiger partial charge in [0.25, 0.3) is 11.8 Å². The van der Waals surface area contributed by atoms with Crippen LogP contribution in [0.15, 0.2) is 53.4 Å². The minimum absolute atomic E-state index is 0.185. The van der Waals surface area contributed by atoms with E-state index in [1.54, 1.807) is 19.1 Å². The SMILES string of the molecule is Cc1nc2ccccc2n1CCNC(=O)c1ccccc1SCC1(C)NC(=O)NC1=O. The van der Waals surface area contributed by atoms with Gasteiger partial charge in [-0.05, 0) is 38.1 Å². The van der Waals surface area contributed by atoms with Gasteiger partial charge in [-0.2, -0.15) is 0 Å². The Morgan fingerprint density at radius 1 is 1.16 bits per heavy atom. The fourth-order valence-corrected chi connectivity index (χ4v) is 4.68. The molecule has 1 aromatic heterocycles. The predicted octanol–water partition coefficient (Wildman–Crippen LogP) is 2.46. The summed E-state index contributed by atoms with van der Waals surface area (Å²) < 4.78 is 2.08. The number of hydrogen-bond acceptors (Lipinski definition) is 5. The lowest BCUT2D eigenvalue weighted by atomic mass is 10.1. The number of thioether (sulfide) groups is 1. The summed E-state index contributed by atoms with van der Waals surface area (Å²) >= 11 is 1.36. The molecule has 31 heavy (non-hydrogen) atoms. The second-order valence-corrected chi connectivity index (χ2v) is 8.60. The maximum absolute atomic E-state index is 12.8. The number of hydrogen-bond donors (Lipinski definition) is 3. The van der Waals surface area contributed by atoms with E-state index >= 15 is 0 Å². The quantitative estimate of drug-likeness (QED) is 0.389. The van der Waals surface area contributed by atoms with Crippen LogP contribution in [0.3, 0.4) is 0 Å². The molecule has 1 atom stereocenters. The van der Waals surface area contributed by atoms with Crippen LogP contribution in [0.2, 0.25) is 0 Å². The van der Waals surface area contributed by atoms with E-state index in [-0.39, 0.29) is 11.8 Å². The summed E-state index contributed by atoms with van der Waals surface area (Å²) in [6.45, 7) is 4.68. The Labute approximate surface area is 183 Å². The molecular formula is C22H23N5O3S. The fraction of sp³-hybridized carbons (Fsp3) is 0.273. The van der Waals surface area contributed by atoms with Gasteiger partial charge in [0.2, 0.25) is 0 Å². The van der Waals surface area contributed by atoms with Crippen molar-refractivity contribution in [2.24, 2.45) is 0 Å². The summed E-state index contributed by atoms with van der Waals surface area (Å²) in [5, 5.41) is 7.86. The highest BCUT2D eigenvalue weighted by Crippen LogP contribution is 2.27. The fourth-order valence-electron chi connectivity index (χ4n) is 3.54. The molecule has 1 saturated heterocycles. The lowest BCUT2D eigenvalue weighted by molar-refractivity contribution is -0.122. The van der Waals surface area contributed by atoms with Gasteiger partial charge < -0.3 is 15.2 Å². The summed E-state index contributed by atoms with van der Waals surface area (Å²) in [5.74, 6) is 0.663. The maximum Gasteiger partial charge on any atom is 0.322 e. The number of aromatic nitrogens is 2. The van der Waals surface area contributed by atoms with Gasteiger partial charge in [0.15, 0.2) is 0 Å². The summed E-state index contributed by atoms with van der Waals surface area (Å²) in [5.41, 5.74) is 1.50. The van der Waals surface area contributed by atoms with Gasteiger partial charge >= 0.3 is 6.03 Å². The lowest BCUT2D eigenvalue weighted by Gasteiger charge is -2.20. The number of amides is 4. The predicted molar refractivity (Wildman–Crippen MR) is 119 cm³/mol. The number of rotatable bonds is 7. The van der Waals surface area contributed by atoms with Crippen molar-refractivity contribution in [2.75, 3.05) is 12.3 Å². The zero-order valence-electron chi connectivity index (χ0n) is 17.3. The van der Waals surface area contributed by atoms with E-state index in [1.807, 2.05) is 43.3 Å². The van der Waals surface area contributed by atoms with Crippen molar-refractivity contribution in [3.05, 3.63) is 59.9 Å². The van der Waals surface area contributed by atoms with E-state index < -0.39 is 11.6 Å². The Bertz CT molecular complexity index is 1170. The van der Waals surface area contributed by atoms with E-state index in [0.717, 1.165) is 21.8 Å². The van der Waals surface area contributed by atoms with Gasteiger partial charge in [0.05, 0.1) is 16.6 Å². The third-order valence-electron chi connectivity index (χ3n) is 5.23. The van der Waals surface area contributed by atoms with E-state index in [4.69, 9.17) is 0 Å². The normalized spacial score (nSPS) is 18.1. The molecule has 0 radical (unpaired) electrons. The average Bonchev–Trinajstić information content (AvgIpc) is 3.21. The molecule has 9 heteroatoms. The van der Waals surface area contributed by atoms with Crippen LogP contribution in [0.25, 0.3) is 11.0 Å². The molecule has 3 N–H and O–H groups in total. The van der Waals surface area contributed by atoms with E-state index in [0.29, 0.717) is 24.4 Å². The molecular weight excluding hydrogens is 414 g/mol. The maximum atomic E-state index is 12.8. The summed E-state index contributed by atoms with van der Waals surface area (Å²) in [4.78, 5) is 41.6. The molecule has 1 aliphatic heterocycles. The standard InChI is InChI=1S/C22H23N5O3S/c1-14-24-16-8-4-5-9-17(16)27(14)12-11-23-19(28)15-7-3-6-10-18(15)31-13-22(2)20(29)25-21(30)26-22/h3-10H,11-13H2,1-2H3,(H,23,28)(H2,25,26,29,30). The highest BCUT2D eigenvalue weighted by Gasteiger charge is 2.41. The first-order valence-electron chi connectivity index (χ1n) is 9.93. The Kier molecular flexibility index (Phi) is 5.69. The van der Waals surface area contributed by atoms with Gasteiger partial charge in [-0.15, -0.1) is 11.8 Å². The molecule has 3 aromatic rings. The Balaban J connectivity index is 1.40. The number of imidazole rings is 1. The van der Waals surface area contributed by atoms with Crippen LogP contribution in [-0.4, -0.2) is 45.2 Å². The van der Waals surface area contributed by atoms with E-state index in [9.17, 15) is 14.4 Å². The summed E-state index contributed by atoms with van der Waals surface area (Å²) in [7, 11) is 0. The number of aryl methyl sites for hydroxylation is 1. The van der Waals surface area contributed by atoms with E-state index in [1.165, 1.54) is 11.8 Å². The van der Waals surface area contributed by atoms with Crippen LogP contribution in [0, 0.1) is 6.92 Å². The van der Waals surface area contributed by atoms with Crippen LogP contribution in [0.4, 0.5) is 4.79 Å². The smallest absolute Gasteiger partial charge is 0.322 e. The molecule has 160 valence electrons. The number of imide groups is 1. The van der Waals surface area contributed by atoms with Crippen LogP contribution in [0.1, 0.15) is 23.1 Å². The average molecular weight is 438 g/mol. The number of benzene rings is 2. The number of urea groups is 1. The van der Waals surface area contributed by atoms with Gasteiger partial charge in [-0.1, -0.05) is 24.3 Å². The third kappa shape index (κ3) is 4.27. The van der Waals surface area contributed by atoms with Crippen LogP contribution >= 0.6 is 11.8 Å². The van der Waals surface area contributed by atoms with Gasteiger partial charge in [-0.25, -0.2) is 9.78 Å². The largest absolute Gasteiger partial charge is 0.350 e. The molecule has 4 amide bonds. The minimum atomic E-state index is -1.01. The Hall–Kier alpha value is -3.33. The minimum Gasteiger partial charge on any atom is -0.350 e. The Morgan fingerprint density at radius 3 is 2.68 bits per heavy atom. The summed E-state index contributed by atoms with van der Waals surface area (Å²) in [6, 6.07) is 14.7. The second kappa shape index (κ2) is 8.43. The van der Waals surface area contributed by atoms with Crippen LogP contribution in [0.5, 0.6) is 0 Å². The van der Waals surface area contributed by atoms with Crippen molar-refractivity contribution in [1.29, 1.82) is 0 Å². The molecule has 2 aromatic carbocycles. The molecule has 1 fully saturated rings. The summed E-state index contributed by atoms with van der Waals surface area (Å²) in [6.07, 6.45) is 0.